The van der Waals surface area contributed by atoms with Gasteiger partial charge in [-0.05, 0) is 11.1 Å². The minimum atomic E-state index is 0.801. The van der Waals surface area contributed by atoms with Crippen LogP contribution < -0.4 is 5.32 Å². The Morgan fingerprint density at radius 2 is 1.55 bits per heavy atom. The van der Waals surface area contributed by atoms with Crippen LogP contribution in [0.3, 0.4) is 0 Å². The summed E-state index contributed by atoms with van der Waals surface area (Å²) in [6.45, 7) is 1.66. The summed E-state index contributed by atoms with van der Waals surface area (Å²) in [4.78, 5) is 0. The number of aromatic nitrogens is 2. The van der Waals surface area contributed by atoms with Crippen LogP contribution in [0, 0.1) is 0 Å². The van der Waals surface area contributed by atoms with Crippen molar-refractivity contribution in [3.05, 3.63) is 78.0 Å². The highest BCUT2D eigenvalue weighted by molar-refractivity contribution is 5.62. The second-order valence-electron chi connectivity index (χ2n) is 4.73. The van der Waals surface area contributed by atoms with Gasteiger partial charge in [0.15, 0.2) is 0 Å². The molecule has 0 amide bonds. The fraction of sp³-hybridized carbons (Fsp3) is 0.118. The van der Waals surface area contributed by atoms with Crippen molar-refractivity contribution in [3.8, 4) is 11.3 Å². The average Bonchev–Trinajstić information content (AvgIpc) is 2.98. The smallest absolute Gasteiger partial charge is 0.0695 e. The summed E-state index contributed by atoms with van der Waals surface area (Å²) in [6, 6.07) is 20.7. The maximum atomic E-state index is 4.16. The monoisotopic (exact) mass is 263 g/mol. The highest BCUT2D eigenvalue weighted by atomic mass is 15.1. The number of aromatic amines is 1. The Balaban J connectivity index is 1.66. The lowest BCUT2D eigenvalue weighted by atomic mass is 10.1. The van der Waals surface area contributed by atoms with Gasteiger partial charge in [0.05, 0.1) is 11.9 Å². The second kappa shape index (κ2) is 6.17. The fourth-order valence-electron chi connectivity index (χ4n) is 2.24. The molecule has 0 atom stereocenters. The van der Waals surface area contributed by atoms with Crippen LogP contribution in [0.4, 0.5) is 0 Å². The van der Waals surface area contributed by atoms with Gasteiger partial charge >= 0.3 is 0 Å². The Labute approximate surface area is 118 Å². The van der Waals surface area contributed by atoms with Crippen LogP contribution in [0.1, 0.15) is 11.1 Å². The third kappa shape index (κ3) is 2.95. The van der Waals surface area contributed by atoms with Gasteiger partial charge in [0.1, 0.15) is 0 Å². The van der Waals surface area contributed by atoms with E-state index in [9.17, 15) is 0 Å². The molecule has 3 rings (SSSR count). The predicted octanol–water partition coefficient (Wildman–Crippen LogP) is 3.37. The van der Waals surface area contributed by atoms with Crippen molar-refractivity contribution in [2.75, 3.05) is 0 Å². The molecule has 3 nitrogen and oxygen atoms in total. The number of rotatable bonds is 5. The van der Waals surface area contributed by atoms with Crippen LogP contribution in [-0.2, 0) is 13.1 Å². The van der Waals surface area contributed by atoms with Crippen molar-refractivity contribution in [3.63, 3.8) is 0 Å². The summed E-state index contributed by atoms with van der Waals surface area (Å²) in [5, 5.41) is 10.7. The largest absolute Gasteiger partial charge is 0.308 e. The summed E-state index contributed by atoms with van der Waals surface area (Å²) in [6.07, 6.45) is 1.89. The van der Waals surface area contributed by atoms with Gasteiger partial charge in [0.25, 0.3) is 0 Å². The maximum Gasteiger partial charge on any atom is 0.0695 e. The summed E-state index contributed by atoms with van der Waals surface area (Å²) < 4.78 is 0. The summed E-state index contributed by atoms with van der Waals surface area (Å²) in [7, 11) is 0. The molecule has 1 heterocycles. The molecule has 2 aromatic carbocycles. The third-order valence-electron chi connectivity index (χ3n) is 3.27. The first-order chi connectivity index (χ1) is 9.93. The normalized spacial score (nSPS) is 10.6. The van der Waals surface area contributed by atoms with Gasteiger partial charge in [-0.1, -0.05) is 60.7 Å². The van der Waals surface area contributed by atoms with Crippen molar-refractivity contribution in [2.45, 2.75) is 13.1 Å². The van der Waals surface area contributed by atoms with Gasteiger partial charge in [-0.15, -0.1) is 0 Å². The molecule has 0 bridgehead atoms. The first-order valence-electron chi connectivity index (χ1n) is 6.76. The predicted molar refractivity (Wildman–Crippen MR) is 81.0 cm³/mol. The summed E-state index contributed by atoms with van der Waals surface area (Å²) in [5.74, 6) is 0. The molecule has 0 saturated heterocycles. The van der Waals surface area contributed by atoms with Crippen LogP contribution >= 0.6 is 0 Å². The molecule has 0 fully saturated rings. The Bertz CT molecular complexity index is 644. The third-order valence-corrected chi connectivity index (χ3v) is 3.27. The minimum Gasteiger partial charge on any atom is -0.308 e. The molecule has 0 radical (unpaired) electrons. The molecule has 20 heavy (non-hydrogen) atoms. The van der Waals surface area contributed by atoms with Crippen LogP contribution in [0.15, 0.2) is 66.9 Å². The zero-order chi connectivity index (χ0) is 13.6. The maximum absolute atomic E-state index is 4.16. The molecule has 3 aromatic rings. The average molecular weight is 263 g/mol. The molecule has 0 unspecified atom stereocenters. The first kappa shape index (κ1) is 12.6. The topological polar surface area (TPSA) is 40.7 Å². The molecule has 2 N–H and O–H groups in total. The van der Waals surface area contributed by atoms with Crippen LogP contribution in [0.5, 0.6) is 0 Å². The van der Waals surface area contributed by atoms with Crippen molar-refractivity contribution in [2.24, 2.45) is 0 Å². The number of hydrogen-bond donors (Lipinski definition) is 2. The lowest BCUT2D eigenvalue weighted by molar-refractivity contribution is 0.694. The zero-order valence-corrected chi connectivity index (χ0v) is 11.2. The van der Waals surface area contributed by atoms with Crippen LogP contribution in [0.25, 0.3) is 11.3 Å². The van der Waals surface area contributed by atoms with E-state index in [-0.39, 0.29) is 0 Å². The van der Waals surface area contributed by atoms with E-state index in [4.69, 9.17) is 0 Å². The van der Waals surface area contributed by atoms with Gasteiger partial charge in [-0.3, -0.25) is 5.10 Å². The van der Waals surface area contributed by atoms with Crippen molar-refractivity contribution < 1.29 is 0 Å². The van der Waals surface area contributed by atoms with E-state index in [1.807, 2.05) is 30.5 Å². The fourth-order valence-corrected chi connectivity index (χ4v) is 2.24. The van der Waals surface area contributed by atoms with Crippen molar-refractivity contribution in [1.29, 1.82) is 0 Å². The van der Waals surface area contributed by atoms with Gasteiger partial charge in [-0.2, -0.15) is 5.10 Å². The van der Waals surface area contributed by atoms with Crippen LogP contribution in [-0.4, -0.2) is 10.2 Å². The molecular formula is C17H17N3. The molecule has 1 aromatic heterocycles. The van der Waals surface area contributed by atoms with E-state index >= 15 is 0 Å². The standard InChI is InChI=1S/C17H17N3/c1-3-7-14(8-4-1)11-18-12-16-13-19-20-17(16)15-9-5-2-6-10-15/h1-10,13,18H,11-12H2,(H,19,20). The lowest BCUT2D eigenvalue weighted by Gasteiger charge is -2.06. The van der Waals surface area contributed by atoms with E-state index < -0.39 is 0 Å². The quantitative estimate of drug-likeness (QED) is 0.741. The molecule has 0 aliphatic rings. The SMILES string of the molecule is c1ccc(CNCc2cn[nH]c2-c2ccccc2)cc1. The number of hydrogen-bond acceptors (Lipinski definition) is 2. The Kier molecular flexibility index (Phi) is 3.90. The molecule has 3 heteroatoms. The number of nitrogens with zero attached hydrogens (tertiary/aromatic N) is 1. The second-order valence-corrected chi connectivity index (χ2v) is 4.73. The Hall–Kier alpha value is -2.39. The van der Waals surface area contributed by atoms with Crippen molar-refractivity contribution in [1.82, 2.24) is 15.5 Å². The van der Waals surface area contributed by atoms with E-state index in [1.54, 1.807) is 0 Å². The number of nitrogens with one attached hydrogen (secondary N) is 2. The Morgan fingerprint density at radius 1 is 0.850 bits per heavy atom. The molecule has 0 aliphatic carbocycles. The molecule has 0 saturated carbocycles. The van der Waals surface area contributed by atoms with E-state index in [0.29, 0.717) is 0 Å². The molecular weight excluding hydrogens is 246 g/mol. The van der Waals surface area contributed by atoms with Crippen molar-refractivity contribution >= 4 is 0 Å². The van der Waals surface area contributed by atoms with E-state index in [0.717, 1.165) is 18.8 Å². The first-order valence-corrected chi connectivity index (χ1v) is 6.76. The zero-order valence-electron chi connectivity index (χ0n) is 11.2. The van der Waals surface area contributed by atoms with Gasteiger partial charge in [-0.25, -0.2) is 0 Å². The highest BCUT2D eigenvalue weighted by Crippen LogP contribution is 2.20. The van der Waals surface area contributed by atoms with Gasteiger partial charge in [0, 0.05) is 18.7 Å². The summed E-state index contributed by atoms with van der Waals surface area (Å²) >= 11 is 0. The lowest BCUT2D eigenvalue weighted by Crippen LogP contribution is -2.12. The Morgan fingerprint density at radius 3 is 2.30 bits per heavy atom. The number of H-pyrrole nitrogens is 1. The van der Waals surface area contributed by atoms with Gasteiger partial charge < -0.3 is 5.32 Å². The summed E-state index contributed by atoms with van der Waals surface area (Å²) in [5.41, 5.74) is 4.73. The van der Waals surface area contributed by atoms with Crippen LogP contribution in [0.2, 0.25) is 0 Å². The van der Waals surface area contributed by atoms with E-state index in [1.165, 1.54) is 16.7 Å². The molecule has 100 valence electrons. The molecule has 0 aliphatic heterocycles. The molecule has 0 spiro atoms. The number of benzene rings is 2. The minimum absolute atomic E-state index is 0.801. The van der Waals surface area contributed by atoms with Gasteiger partial charge in [0.2, 0.25) is 0 Å². The van der Waals surface area contributed by atoms with E-state index in [2.05, 4.69) is 51.9 Å². The highest BCUT2D eigenvalue weighted by Gasteiger charge is 2.06.